The van der Waals surface area contributed by atoms with Crippen LogP contribution >= 0.6 is 11.5 Å². The lowest BCUT2D eigenvalue weighted by Crippen LogP contribution is -2.45. The smallest absolute Gasteiger partial charge is 0.325 e. The quantitative estimate of drug-likeness (QED) is 0.307. The number of nitrogen functional groups attached to an aromatic ring is 1. The first kappa shape index (κ1) is 27.1. The molecule has 3 rings (SSSR count). The number of ether oxygens (including phenoxy) is 1. The Morgan fingerprint density at radius 2 is 1.73 bits per heavy atom. The number of primary amides is 1. The van der Waals surface area contributed by atoms with Gasteiger partial charge in [-0.1, -0.05) is 18.2 Å². The van der Waals surface area contributed by atoms with Crippen molar-refractivity contribution in [2.24, 2.45) is 5.73 Å². The van der Waals surface area contributed by atoms with Crippen molar-refractivity contribution in [2.45, 2.75) is 26.8 Å². The van der Waals surface area contributed by atoms with Gasteiger partial charge in [-0.15, -0.1) is 0 Å². The van der Waals surface area contributed by atoms with Crippen LogP contribution in [-0.2, 0) is 14.3 Å². The van der Waals surface area contributed by atoms with Crippen LogP contribution in [0, 0.1) is 13.8 Å². The number of aromatic hydroxyl groups is 1. The van der Waals surface area contributed by atoms with E-state index >= 15 is 0 Å². The molecule has 37 heavy (non-hydrogen) atoms. The molecule has 3 aromatic rings. The Kier molecular flexibility index (Phi) is 8.45. The van der Waals surface area contributed by atoms with E-state index < -0.39 is 36.3 Å². The monoisotopic (exact) mass is 525 g/mol. The fraction of sp³-hybridized carbons (Fsp3) is 0.240. The lowest BCUT2D eigenvalue weighted by atomic mass is 10.0. The van der Waals surface area contributed by atoms with E-state index in [4.69, 9.17) is 16.2 Å². The third-order valence-electron chi connectivity index (χ3n) is 5.29. The molecule has 0 saturated carbocycles. The van der Waals surface area contributed by atoms with Crippen molar-refractivity contribution in [2.75, 3.05) is 23.8 Å². The zero-order chi connectivity index (χ0) is 27.3. The Morgan fingerprint density at radius 3 is 2.27 bits per heavy atom. The van der Waals surface area contributed by atoms with E-state index in [9.17, 15) is 24.3 Å². The highest BCUT2D eigenvalue weighted by Gasteiger charge is 2.36. The average molecular weight is 526 g/mol. The minimum atomic E-state index is -1.30. The van der Waals surface area contributed by atoms with Gasteiger partial charge in [0.05, 0.1) is 12.3 Å². The van der Waals surface area contributed by atoms with E-state index in [-0.39, 0.29) is 28.6 Å². The van der Waals surface area contributed by atoms with Gasteiger partial charge < -0.3 is 26.6 Å². The molecular formula is C25H27N5O6S. The molecule has 11 nitrogen and oxygen atoms in total. The zero-order valence-electron chi connectivity index (χ0n) is 20.5. The summed E-state index contributed by atoms with van der Waals surface area (Å²) in [6.07, 6.45) is 0. The van der Waals surface area contributed by atoms with Crippen molar-refractivity contribution in [3.8, 4) is 5.75 Å². The molecule has 2 aromatic carbocycles. The maximum absolute atomic E-state index is 14.0. The summed E-state index contributed by atoms with van der Waals surface area (Å²) in [7, 11) is 0. The topological polar surface area (TPSA) is 178 Å². The first-order chi connectivity index (χ1) is 17.5. The highest BCUT2D eigenvalue weighted by molar-refractivity contribution is 7.09. The molecule has 0 bridgehead atoms. The van der Waals surface area contributed by atoms with Gasteiger partial charge in [0.25, 0.3) is 11.8 Å². The first-order valence-corrected chi connectivity index (χ1v) is 12.0. The minimum Gasteiger partial charge on any atom is -0.508 e. The lowest BCUT2D eigenvalue weighted by Gasteiger charge is -2.31. The SMILES string of the molecule is CCOC(=O)CNC(=O)C(c1ccc(O)cc1)N(C(=O)c1snc(C(N)=O)c1N)c1cc(C)cc(C)c1. The van der Waals surface area contributed by atoms with Gasteiger partial charge >= 0.3 is 5.97 Å². The summed E-state index contributed by atoms with van der Waals surface area (Å²) in [5, 5.41) is 12.3. The predicted molar refractivity (Wildman–Crippen MR) is 138 cm³/mol. The van der Waals surface area contributed by atoms with E-state index in [0.29, 0.717) is 22.8 Å². The second kappa shape index (κ2) is 11.5. The largest absolute Gasteiger partial charge is 0.508 e. The van der Waals surface area contributed by atoms with Gasteiger partial charge in [-0.3, -0.25) is 24.1 Å². The Labute approximate surface area is 217 Å². The van der Waals surface area contributed by atoms with Crippen molar-refractivity contribution in [1.82, 2.24) is 9.69 Å². The second-order valence-corrected chi connectivity index (χ2v) is 8.95. The van der Waals surface area contributed by atoms with Crippen LogP contribution in [0.15, 0.2) is 42.5 Å². The molecule has 0 spiro atoms. The normalized spacial score (nSPS) is 11.4. The number of nitrogens with zero attached hydrogens (tertiary/aromatic N) is 2. The molecule has 12 heteroatoms. The molecule has 3 amide bonds. The molecule has 0 fully saturated rings. The van der Waals surface area contributed by atoms with Crippen molar-refractivity contribution >= 4 is 46.6 Å². The lowest BCUT2D eigenvalue weighted by molar-refractivity contribution is -0.143. The summed E-state index contributed by atoms with van der Waals surface area (Å²) in [6.45, 7) is 5.02. The molecule has 1 aromatic heterocycles. The Balaban J connectivity index is 2.19. The van der Waals surface area contributed by atoms with Gasteiger partial charge in [-0.2, -0.15) is 4.37 Å². The molecule has 194 valence electrons. The van der Waals surface area contributed by atoms with Crippen molar-refractivity contribution in [1.29, 1.82) is 0 Å². The number of phenolic OH excluding ortho intramolecular Hbond substituents is 1. The van der Waals surface area contributed by atoms with Crippen LogP contribution in [0.2, 0.25) is 0 Å². The number of nitrogens with one attached hydrogen (secondary N) is 1. The third-order valence-corrected chi connectivity index (χ3v) is 6.14. The van der Waals surface area contributed by atoms with E-state index in [1.54, 1.807) is 19.1 Å². The number of aromatic nitrogens is 1. The molecule has 6 N–H and O–H groups in total. The Bertz CT molecular complexity index is 1320. The molecule has 1 unspecified atom stereocenters. The maximum atomic E-state index is 14.0. The van der Waals surface area contributed by atoms with Crippen molar-refractivity contribution in [3.05, 3.63) is 69.7 Å². The number of aryl methyl sites for hydroxylation is 2. The molecule has 0 radical (unpaired) electrons. The molecule has 1 atom stereocenters. The number of hydrogen-bond acceptors (Lipinski definition) is 9. The highest BCUT2D eigenvalue weighted by Crippen LogP contribution is 2.34. The number of nitrogens with two attached hydrogens (primary N) is 2. The zero-order valence-corrected chi connectivity index (χ0v) is 21.3. The average Bonchev–Trinajstić information content (AvgIpc) is 3.22. The number of rotatable bonds is 9. The van der Waals surface area contributed by atoms with Crippen LogP contribution in [0.25, 0.3) is 0 Å². The fourth-order valence-corrected chi connectivity index (χ4v) is 4.50. The Hall–Kier alpha value is -4.45. The molecule has 1 heterocycles. The summed E-state index contributed by atoms with van der Waals surface area (Å²) in [4.78, 5) is 52.3. The number of benzene rings is 2. The van der Waals surface area contributed by atoms with E-state index in [1.165, 1.54) is 29.2 Å². The van der Waals surface area contributed by atoms with Gasteiger partial charge in [0, 0.05) is 5.69 Å². The van der Waals surface area contributed by atoms with E-state index in [0.717, 1.165) is 11.1 Å². The highest BCUT2D eigenvalue weighted by atomic mass is 32.1. The summed E-state index contributed by atoms with van der Waals surface area (Å²) in [6, 6.07) is 9.73. The minimum absolute atomic E-state index is 0.0449. The van der Waals surface area contributed by atoms with Gasteiger partial charge in [-0.25, -0.2) is 0 Å². The van der Waals surface area contributed by atoms with Crippen molar-refractivity contribution in [3.63, 3.8) is 0 Å². The fourth-order valence-electron chi connectivity index (χ4n) is 3.75. The summed E-state index contributed by atoms with van der Waals surface area (Å²) >= 11 is 0.683. The molecule has 0 aliphatic rings. The van der Waals surface area contributed by atoms with Gasteiger partial charge in [0.15, 0.2) is 5.69 Å². The molecular weight excluding hydrogens is 498 g/mol. The number of anilines is 2. The predicted octanol–water partition coefficient (Wildman–Crippen LogP) is 2.21. The Morgan fingerprint density at radius 1 is 1.11 bits per heavy atom. The molecule has 0 aliphatic carbocycles. The van der Waals surface area contributed by atoms with Crippen molar-refractivity contribution < 1.29 is 29.0 Å². The number of carbonyl (C=O) groups is 4. The number of phenols is 1. The first-order valence-electron chi connectivity index (χ1n) is 11.2. The number of esters is 1. The van der Waals surface area contributed by atoms with Crippen LogP contribution in [0.5, 0.6) is 5.75 Å². The van der Waals surface area contributed by atoms with Crippen LogP contribution in [-0.4, -0.2) is 46.3 Å². The standard InChI is InChI=1S/C25H27N5O6S/c1-4-36-18(32)12-28-24(34)21(15-5-7-17(31)8-6-15)30(16-10-13(2)9-14(3)11-16)25(35)22-19(26)20(23(27)33)29-37-22/h5-11,21,31H,4,12,26H2,1-3H3,(H2,27,33)(H,28,34). The van der Waals surface area contributed by atoms with Gasteiger partial charge in [0.2, 0.25) is 5.91 Å². The maximum Gasteiger partial charge on any atom is 0.325 e. The van der Waals surface area contributed by atoms with E-state index in [1.807, 2.05) is 19.9 Å². The van der Waals surface area contributed by atoms with Crippen LogP contribution in [0.4, 0.5) is 11.4 Å². The van der Waals surface area contributed by atoms with Gasteiger partial charge in [0.1, 0.15) is 23.2 Å². The van der Waals surface area contributed by atoms with Gasteiger partial charge in [-0.05, 0) is 73.3 Å². The summed E-state index contributed by atoms with van der Waals surface area (Å²) in [5.74, 6) is -2.99. The van der Waals surface area contributed by atoms with Crippen LogP contribution in [0.3, 0.4) is 0 Å². The van der Waals surface area contributed by atoms with Crippen LogP contribution < -0.4 is 21.7 Å². The summed E-state index contributed by atoms with van der Waals surface area (Å²) in [5.41, 5.74) is 13.3. The number of amides is 3. The molecule has 0 aliphatic heterocycles. The number of carbonyl (C=O) groups excluding carboxylic acids is 4. The van der Waals surface area contributed by atoms with Crippen LogP contribution in [0.1, 0.15) is 49.8 Å². The molecule has 0 saturated heterocycles. The third kappa shape index (κ3) is 6.22. The second-order valence-electron chi connectivity index (χ2n) is 8.18. The summed E-state index contributed by atoms with van der Waals surface area (Å²) < 4.78 is 8.81. The number of hydrogen-bond donors (Lipinski definition) is 4. The van der Waals surface area contributed by atoms with E-state index in [2.05, 4.69) is 9.69 Å².